The highest BCUT2D eigenvalue weighted by atomic mass is 79.9. The molecule has 3 nitrogen and oxygen atoms in total. The second-order valence-corrected chi connectivity index (χ2v) is 6.47. The van der Waals surface area contributed by atoms with Crippen LogP contribution in [0.5, 0.6) is 0 Å². The van der Waals surface area contributed by atoms with E-state index in [0.717, 1.165) is 19.2 Å². The third kappa shape index (κ3) is 3.81. The summed E-state index contributed by atoms with van der Waals surface area (Å²) in [5.41, 5.74) is -0.494. The standard InChI is InChI=1S/C15H18BrF3N2O/c1-10(2)20-5-7-21(8-6-20)14(22)11-3-4-12(13(16)9-11)15(17,18)19/h3-4,9-10H,5-8H2,1-2H3. The molecular formula is C15H18BrF3N2O. The van der Waals surface area contributed by atoms with Crippen LogP contribution < -0.4 is 0 Å². The van der Waals surface area contributed by atoms with Gasteiger partial charge in [0.15, 0.2) is 0 Å². The summed E-state index contributed by atoms with van der Waals surface area (Å²) in [5.74, 6) is -0.224. The monoisotopic (exact) mass is 378 g/mol. The molecule has 1 fully saturated rings. The lowest BCUT2D eigenvalue weighted by atomic mass is 10.1. The van der Waals surface area contributed by atoms with E-state index in [1.54, 1.807) is 4.90 Å². The lowest BCUT2D eigenvalue weighted by Gasteiger charge is -2.37. The van der Waals surface area contributed by atoms with E-state index < -0.39 is 11.7 Å². The summed E-state index contributed by atoms with van der Waals surface area (Å²) < 4.78 is 38.1. The van der Waals surface area contributed by atoms with Gasteiger partial charge in [-0.15, -0.1) is 0 Å². The maximum atomic E-state index is 12.7. The van der Waals surface area contributed by atoms with Gasteiger partial charge in [-0.1, -0.05) is 15.9 Å². The van der Waals surface area contributed by atoms with Gasteiger partial charge in [0.25, 0.3) is 5.91 Å². The van der Waals surface area contributed by atoms with Crippen LogP contribution in [0.25, 0.3) is 0 Å². The zero-order valence-electron chi connectivity index (χ0n) is 12.5. The van der Waals surface area contributed by atoms with Crippen molar-refractivity contribution in [2.75, 3.05) is 26.2 Å². The molecule has 122 valence electrons. The molecule has 0 atom stereocenters. The number of piperazine rings is 1. The second-order valence-electron chi connectivity index (χ2n) is 5.61. The van der Waals surface area contributed by atoms with Gasteiger partial charge in [0.2, 0.25) is 0 Å². The first-order chi connectivity index (χ1) is 10.2. The van der Waals surface area contributed by atoms with Crippen molar-refractivity contribution in [2.24, 2.45) is 0 Å². The Labute approximate surface area is 136 Å². The fourth-order valence-electron chi connectivity index (χ4n) is 2.50. The number of carbonyl (C=O) groups is 1. The second kappa shape index (κ2) is 6.58. The highest BCUT2D eigenvalue weighted by Gasteiger charge is 2.33. The lowest BCUT2D eigenvalue weighted by molar-refractivity contribution is -0.138. The van der Waals surface area contributed by atoms with Gasteiger partial charge in [0.05, 0.1) is 5.56 Å². The fourth-order valence-corrected chi connectivity index (χ4v) is 3.11. The van der Waals surface area contributed by atoms with E-state index in [9.17, 15) is 18.0 Å². The van der Waals surface area contributed by atoms with Gasteiger partial charge >= 0.3 is 6.18 Å². The Balaban J connectivity index is 2.10. The maximum Gasteiger partial charge on any atom is 0.417 e. The molecule has 0 aromatic heterocycles. The molecule has 0 bridgehead atoms. The molecule has 0 aliphatic carbocycles. The number of carbonyl (C=O) groups excluding carboxylic acids is 1. The SMILES string of the molecule is CC(C)N1CCN(C(=O)c2ccc(C(F)(F)F)c(Br)c2)CC1. The van der Waals surface area contributed by atoms with Gasteiger partial charge in [-0.2, -0.15) is 13.2 Å². The minimum atomic E-state index is -4.43. The predicted molar refractivity (Wildman–Crippen MR) is 81.8 cm³/mol. The lowest BCUT2D eigenvalue weighted by Crippen LogP contribution is -2.50. The molecule has 1 heterocycles. The highest BCUT2D eigenvalue weighted by Crippen LogP contribution is 2.35. The molecule has 7 heteroatoms. The number of amides is 1. The Morgan fingerprint density at radius 3 is 2.23 bits per heavy atom. The summed E-state index contributed by atoms with van der Waals surface area (Å²) in [6, 6.07) is 3.87. The van der Waals surface area contributed by atoms with Crippen LogP contribution in [-0.4, -0.2) is 47.9 Å². The molecular weight excluding hydrogens is 361 g/mol. The first-order valence-electron chi connectivity index (χ1n) is 7.10. The summed E-state index contributed by atoms with van der Waals surface area (Å²) in [6.45, 7) is 6.96. The largest absolute Gasteiger partial charge is 0.417 e. The van der Waals surface area contributed by atoms with Crippen LogP contribution in [0.2, 0.25) is 0 Å². The van der Waals surface area contributed by atoms with E-state index >= 15 is 0 Å². The van der Waals surface area contributed by atoms with Crippen LogP contribution in [0.1, 0.15) is 29.8 Å². The highest BCUT2D eigenvalue weighted by molar-refractivity contribution is 9.10. The molecule has 0 spiro atoms. The number of nitrogens with zero attached hydrogens (tertiary/aromatic N) is 2. The van der Waals surface area contributed by atoms with Crippen molar-refractivity contribution in [3.8, 4) is 0 Å². The average molecular weight is 379 g/mol. The smallest absolute Gasteiger partial charge is 0.336 e. The van der Waals surface area contributed by atoms with Crippen molar-refractivity contribution in [3.63, 3.8) is 0 Å². The maximum absolute atomic E-state index is 12.7. The van der Waals surface area contributed by atoms with E-state index in [4.69, 9.17) is 0 Å². The molecule has 1 aromatic rings. The normalized spacial score (nSPS) is 17.1. The summed E-state index contributed by atoms with van der Waals surface area (Å²) in [4.78, 5) is 16.4. The summed E-state index contributed by atoms with van der Waals surface area (Å²) in [5, 5.41) is 0. The van der Waals surface area contributed by atoms with E-state index in [2.05, 4.69) is 34.7 Å². The van der Waals surface area contributed by atoms with Crippen molar-refractivity contribution >= 4 is 21.8 Å². The number of benzene rings is 1. The van der Waals surface area contributed by atoms with E-state index in [1.165, 1.54) is 12.1 Å². The Morgan fingerprint density at radius 2 is 1.77 bits per heavy atom. The van der Waals surface area contributed by atoms with E-state index in [0.29, 0.717) is 19.1 Å². The molecule has 22 heavy (non-hydrogen) atoms. The summed E-state index contributed by atoms with van der Waals surface area (Å²) >= 11 is 2.90. The molecule has 0 unspecified atom stereocenters. The molecule has 0 saturated carbocycles. The Bertz CT molecular complexity index is 552. The first kappa shape index (κ1) is 17.3. The molecule has 1 aromatic carbocycles. The Hall–Kier alpha value is -1.08. The number of hydrogen-bond donors (Lipinski definition) is 0. The Morgan fingerprint density at radius 1 is 1.18 bits per heavy atom. The fraction of sp³-hybridized carbons (Fsp3) is 0.533. The topological polar surface area (TPSA) is 23.6 Å². The zero-order chi connectivity index (χ0) is 16.5. The quantitative estimate of drug-likeness (QED) is 0.784. The summed E-state index contributed by atoms with van der Waals surface area (Å²) in [7, 11) is 0. The number of alkyl halides is 3. The molecule has 1 saturated heterocycles. The number of halogens is 4. The van der Waals surface area contributed by atoms with E-state index in [1.807, 2.05) is 0 Å². The van der Waals surface area contributed by atoms with Crippen molar-refractivity contribution in [3.05, 3.63) is 33.8 Å². The van der Waals surface area contributed by atoms with Crippen molar-refractivity contribution in [2.45, 2.75) is 26.1 Å². The van der Waals surface area contributed by atoms with Gasteiger partial charge in [0.1, 0.15) is 0 Å². The van der Waals surface area contributed by atoms with Gasteiger partial charge in [-0.25, -0.2) is 0 Å². The van der Waals surface area contributed by atoms with Crippen LogP contribution in [0.3, 0.4) is 0 Å². The van der Waals surface area contributed by atoms with Crippen LogP contribution in [0, 0.1) is 0 Å². The van der Waals surface area contributed by atoms with Gasteiger partial charge < -0.3 is 4.90 Å². The van der Waals surface area contributed by atoms with Crippen molar-refractivity contribution < 1.29 is 18.0 Å². The first-order valence-corrected chi connectivity index (χ1v) is 7.89. The zero-order valence-corrected chi connectivity index (χ0v) is 14.0. The molecule has 1 aliphatic heterocycles. The van der Waals surface area contributed by atoms with E-state index in [-0.39, 0.29) is 15.9 Å². The van der Waals surface area contributed by atoms with Gasteiger partial charge in [-0.05, 0) is 32.0 Å². The minimum absolute atomic E-state index is 0.105. The average Bonchev–Trinajstić information content (AvgIpc) is 2.45. The molecule has 1 amide bonds. The van der Waals surface area contributed by atoms with Crippen LogP contribution in [0.4, 0.5) is 13.2 Å². The Kier molecular flexibility index (Phi) is 5.17. The third-order valence-electron chi connectivity index (χ3n) is 3.85. The van der Waals surface area contributed by atoms with Crippen LogP contribution in [0.15, 0.2) is 22.7 Å². The van der Waals surface area contributed by atoms with Gasteiger partial charge in [0, 0.05) is 42.3 Å². The van der Waals surface area contributed by atoms with Crippen LogP contribution in [-0.2, 0) is 6.18 Å². The number of hydrogen-bond acceptors (Lipinski definition) is 2. The van der Waals surface area contributed by atoms with Crippen molar-refractivity contribution in [1.29, 1.82) is 0 Å². The molecule has 1 aliphatic rings. The van der Waals surface area contributed by atoms with Crippen molar-refractivity contribution in [1.82, 2.24) is 9.80 Å². The summed E-state index contributed by atoms with van der Waals surface area (Å²) in [6.07, 6.45) is -4.43. The number of rotatable bonds is 2. The molecule has 0 N–H and O–H groups in total. The molecule has 0 radical (unpaired) electrons. The minimum Gasteiger partial charge on any atom is -0.336 e. The van der Waals surface area contributed by atoms with Gasteiger partial charge in [-0.3, -0.25) is 9.69 Å². The third-order valence-corrected chi connectivity index (χ3v) is 4.51. The van der Waals surface area contributed by atoms with Crippen LogP contribution >= 0.6 is 15.9 Å². The molecule has 2 rings (SSSR count). The predicted octanol–water partition coefficient (Wildman–Crippen LogP) is 3.63.